The Labute approximate surface area is 189 Å². The quantitative estimate of drug-likeness (QED) is 0.277. The second-order valence-electron chi connectivity index (χ2n) is 6.91. The molecule has 0 saturated carbocycles. The maximum atomic E-state index is 12.2. The third-order valence-electron chi connectivity index (χ3n) is 4.42. The summed E-state index contributed by atoms with van der Waals surface area (Å²) in [5.41, 5.74) is -0.478. The molecule has 0 fully saturated rings. The molecule has 0 radical (unpaired) electrons. The van der Waals surface area contributed by atoms with Crippen molar-refractivity contribution in [3.05, 3.63) is 68.8 Å². The standard InChI is InChI=1S/C21H24N4O8/c1-14(32-18-10-5-3-8-16(18)24(28)29)20(26)22-12-7-13-23-21(27)15(2)33-19-11-6-4-9-17(19)25(30)31/h3-6,8-11,14-15H,7,12-13H2,1-2H3,(H,22,26)(H,23,27). The molecular weight excluding hydrogens is 436 g/mol. The molecule has 0 bridgehead atoms. The third kappa shape index (κ3) is 7.45. The highest BCUT2D eigenvalue weighted by atomic mass is 16.6. The van der Waals surface area contributed by atoms with Crippen LogP contribution in [0.3, 0.4) is 0 Å². The van der Waals surface area contributed by atoms with Crippen LogP contribution in [-0.4, -0.2) is 47.0 Å². The van der Waals surface area contributed by atoms with E-state index in [4.69, 9.17) is 9.47 Å². The Morgan fingerprint density at radius 3 is 1.52 bits per heavy atom. The van der Waals surface area contributed by atoms with Gasteiger partial charge in [0, 0.05) is 25.2 Å². The number of para-hydroxylation sites is 4. The summed E-state index contributed by atoms with van der Waals surface area (Å²) in [6.45, 7) is 3.39. The molecule has 2 amide bonds. The number of nitrogens with zero attached hydrogens (tertiary/aromatic N) is 2. The van der Waals surface area contributed by atoms with Gasteiger partial charge in [0.05, 0.1) is 9.85 Å². The van der Waals surface area contributed by atoms with Crippen LogP contribution in [-0.2, 0) is 9.59 Å². The van der Waals surface area contributed by atoms with Crippen molar-refractivity contribution in [1.29, 1.82) is 0 Å². The molecule has 0 aliphatic carbocycles. The summed E-state index contributed by atoms with van der Waals surface area (Å²) in [5, 5.41) is 27.3. The molecule has 2 atom stereocenters. The molecule has 2 N–H and O–H groups in total. The third-order valence-corrected chi connectivity index (χ3v) is 4.42. The van der Waals surface area contributed by atoms with Gasteiger partial charge in [-0.15, -0.1) is 0 Å². The lowest BCUT2D eigenvalue weighted by Crippen LogP contribution is -2.40. The average molecular weight is 460 g/mol. The number of carbonyl (C=O) groups excluding carboxylic acids is 2. The number of benzene rings is 2. The molecule has 33 heavy (non-hydrogen) atoms. The first-order chi connectivity index (χ1) is 15.7. The van der Waals surface area contributed by atoms with Gasteiger partial charge in [-0.2, -0.15) is 0 Å². The van der Waals surface area contributed by atoms with Crippen LogP contribution < -0.4 is 20.1 Å². The minimum atomic E-state index is -0.962. The number of carbonyl (C=O) groups is 2. The smallest absolute Gasteiger partial charge is 0.310 e. The predicted octanol–water partition coefficient (Wildman–Crippen LogP) is 2.36. The molecule has 0 aliphatic heterocycles. The lowest BCUT2D eigenvalue weighted by Gasteiger charge is -2.16. The van der Waals surface area contributed by atoms with Crippen LogP contribution in [0.1, 0.15) is 20.3 Å². The Kier molecular flexibility index (Phi) is 9.09. The minimum Gasteiger partial charge on any atom is -0.474 e. The molecule has 2 aromatic rings. The Bertz CT molecular complexity index is 934. The van der Waals surface area contributed by atoms with Gasteiger partial charge in [0.15, 0.2) is 23.7 Å². The van der Waals surface area contributed by atoms with E-state index in [0.29, 0.717) is 6.42 Å². The lowest BCUT2D eigenvalue weighted by molar-refractivity contribution is -0.386. The molecular formula is C21H24N4O8. The first-order valence-electron chi connectivity index (χ1n) is 10.1. The molecule has 0 aliphatic rings. The van der Waals surface area contributed by atoms with E-state index < -0.39 is 33.9 Å². The van der Waals surface area contributed by atoms with Crippen molar-refractivity contribution in [2.75, 3.05) is 13.1 Å². The fourth-order valence-corrected chi connectivity index (χ4v) is 2.70. The van der Waals surface area contributed by atoms with E-state index in [1.165, 1.54) is 50.2 Å². The normalized spacial score (nSPS) is 12.2. The minimum absolute atomic E-state index is 0.00921. The number of amides is 2. The van der Waals surface area contributed by atoms with E-state index in [1.807, 2.05) is 0 Å². The van der Waals surface area contributed by atoms with E-state index in [0.717, 1.165) is 0 Å². The molecule has 0 spiro atoms. The van der Waals surface area contributed by atoms with Crippen molar-refractivity contribution in [2.45, 2.75) is 32.5 Å². The van der Waals surface area contributed by atoms with Crippen LogP contribution in [0.2, 0.25) is 0 Å². The van der Waals surface area contributed by atoms with Crippen LogP contribution in [0.4, 0.5) is 11.4 Å². The molecule has 12 nitrogen and oxygen atoms in total. The fourth-order valence-electron chi connectivity index (χ4n) is 2.70. The Morgan fingerprint density at radius 1 is 0.788 bits per heavy atom. The number of hydrogen-bond donors (Lipinski definition) is 2. The number of nitro groups is 2. The van der Waals surface area contributed by atoms with E-state index in [1.54, 1.807) is 12.1 Å². The summed E-state index contributed by atoms with van der Waals surface area (Å²) in [5.74, 6) is -0.949. The van der Waals surface area contributed by atoms with Gasteiger partial charge in [0.2, 0.25) is 0 Å². The molecule has 0 heterocycles. The zero-order chi connectivity index (χ0) is 24.4. The van der Waals surface area contributed by atoms with Crippen LogP contribution >= 0.6 is 0 Å². The largest absolute Gasteiger partial charge is 0.474 e. The molecule has 0 aromatic heterocycles. The van der Waals surface area contributed by atoms with Crippen molar-refractivity contribution in [3.8, 4) is 11.5 Å². The van der Waals surface area contributed by atoms with Gasteiger partial charge in [-0.1, -0.05) is 24.3 Å². The highest BCUT2D eigenvalue weighted by Crippen LogP contribution is 2.27. The average Bonchev–Trinajstić information content (AvgIpc) is 2.78. The van der Waals surface area contributed by atoms with Crippen LogP contribution in [0.5, 0.6) is 11.5 Å². The van der Waals surface area contributed by atoms with E-state index >= 15 is 0 Å². The molecule has 0 saturated heterocycles. The Balaban J connectivity index is 1.72. The highest BCUT2D eigenvalue weighted by molar-refractivity contribution is 5.81. The molecule has 176 valence electrons. The van der Waals surface area contributed by atoms with Crippen molar-refractivity contribution in [1.82, 2.24) is 10.6 Å². The van der Waals surface area contributed by atoms with Crippen molar-refractivity contribution in [2.24, 2.45) is 0 Å². The number of ether oxygens (including phenoxy) is 2. The number of nitrogens with one attached hydrogen (secondary N) is 2. The van der Waals surface area contributed by atoms with Gasteiger partial charge in [0.1, 0.15) is 0 Å². The summed E-state index contributed by atoms with van der Waals surface area (Å²) in [4.78, 5) is 45.2. The number of hydrogen-bond acceptors (Lipinski definition) is 8. The molecule has 2 aromatic carbocycles. The molecule has 2 unspecified atom stereocenters. The van der Waals surface area contributed by atoms with Crippen molar-refractivity contribution in [3.63, 3.8) is 0 Å². The van der Waals surface area contributed by atoms with Gasteiger partial charge in [-0.25, -0.2) is 0 Å². The van der Waals surface area contributed by atoms with Gasteiger partial charge < -0.3 is 20.1 Å². The SMILES string of the molecule is CC(Oc1ccccc1[N+](=O)[O-])C(=O)NCCCNC(=O)C(C)Oc1ccccc1[N+](=O)[O-]. The number of nitro benzene ring substituents is 2. The fraction of sp³-hybridized carbons (Fsp3) is 0.333. The maximum absolute atomic E-state index is 12.2. The van der Waals surface area contributed by atoms with Crippen LogP contribution in [0.25, 0.3) is 0 Å². The van der Waals surface area contributed by atoms with Gasteiger partial charge >= 0.3 is 11.4 Å². The van der Waals surface area contributed by atoms with Crippen LogP contribution in [0.15, 0.2) is 48.5 Å². The van der Waals surface area contributed by atoms with E-state index in [-0.39, 0.29) is 36.0 Å². The first-order valence-corrected chi connectivity index (χ1v) is 10.1. The van der Waals surface area contributed by atoms with Crippen molar-refractivity contribution < 1.29 is 28.9 Å². The maximum Gasteiger partial charge on any atom is 0.310 e. The Hall–Kier alpha value is -4.22. The first kappa shape index (κ1) is 25.0. The monoisotopic (exact) mass is 460 g/mol. The zero-order valence-corrected chi connectivity index (χ0v) is 18.1. The summed E-state index contributed by atoms with van der Waals surface area (Å²) in [6.07, 6.45) is -1.53. The molecule has 12 heteroatoms. The second-order valence-corrected chi connectivity index (χ2v) is 6.91. The van der Waals surface area contributed by atoms with Crippen LogP contribution in [0, 0.1) is 20.2 Å². The number of rotatable bonds is 12. The second kappa shape index (κ2) is 12.0. The highest BCUT2D eigenvalue weighted by Gasteiger charge is 2.21. The Morgan fingerprint density at radius 2 is 1.15 bits per heavy atom. The summed E-state index contributed by atoms with van der Waals surface area (Å²) < 4.78 is 10.8. The van der Waals surface area contributed by atoms with Gasteiger partial charge in [0.25, 0.3) is 11.8 Å². The lowest BCUT2D eigenvalue weighted by atomic mass is 10.3. The summed E-state index contributed by atoms with van der Waals surface area (Å²) in [7, 11) is 0. The van der Waals surface area contributed by atoms with Gasteiger partial charge in [-0.05, 0) is 32.4 Å². The molecule has 2 rings (SSSR count). The topological polar surface area (TPSA) is 163 Å². The van der Waals surface area contributed by atoms with Crippen molar-refractivity contribution >= 4 is 23.2 Å². The van der Waals surface area contributed by atoms with Gasteiger partial charge in [-0.3, -0.25) is 29.8 Å². The van der Waals surface area contributed by atoms with E-state index in [9.17, 15) is 29.8 Å². The zero-order valence-electron chi connectivity index (χ0n) is 18.1. The van der Waals surface area contributed by atoms with E-state index in [2.05, 4.69) is 10.6 Å². The summed E-state index contributed by atoms with van der Waals surface area (Å²) >= 11 is 0. The summed E-state index contributed by atoms with van der Waals surface area (Å²) in [6, 6.07) is 11.5. The predicted molar refractivity (Wildman–Crippen MR) is 117 cm³/mol.